The van der Waals surface area contributed by atoms with Crippen molar-refractivity contribution in [2.24, 2.45) is 5.92 Å². The van der Waals surface area contributed by atoms with Crippen LogP contribution in [0.3, 0.4) is 0 Å². The smallest absolute Gasteiger partial charge is 0.326 e. The molecule has 3 N–H and O–H groups in total. The maximum Gasteiger partial charge on any atom is 0.326 e. The summed E-state index contributed by atoms with van der Waals surface area (Å²) in [5, 5.41) is 16.8. The Labute approximate surface area is 236 Å². The van der Waals surface area contributed by atoms with Gasteiger partial charge in [-0.25, -0.2) is 14.8 Å². The molecule has 0 aliphatic carbocycles. The molecule has 0 saturated carbocycles. The van der Waals surface area contributed by atoms with Crippen LogP contribution < -0.4 is 10.6 Å². The van der Waals surface area contributed by atoms with Gasteiger partial charge in [0.05, 0.1) is 6.33 Å². The number of nitrogens with zero attached hydrogens (tertiary/aromatic N) is 4. The maximum absolute atomic E-state index is 12.9. The van der Waals surface area contributed by atoms with Gasteiger partial charge < -0.3 is 25.2 Å². The zero-order valence-electron chi connectivity index (χ0n) is 23.5. The molecule has 3 aromatic rings. The first kappa shape index (κ1) is 27.7. The molecule has 9 heteroatoms. The number of fused-ring (bicyclic) bond motifs is 1. The van der Waals surface area contributed by atoms with Crippen LogP contribution in [0.5, 0.6) is 0 Å². The average Bonchev–Trinajstić information content (AvgIpc) is 3.52. The number of pyridine rings is 1. The fourth-order valence-corrected chi connectivity index (χ4v) is 5.93. The molecule has 1 saturated heterocycles. The summed E-state index contributed by atoms with van der Waals surface area (Å²) in [6.45, 7) is 6.40. The van der Waals surface area contributed by atoms with Crippen molar-refractivity contribution < 1.29 is 14.7 Å². The Bertz CT molecular complexity index is 1330. The third-order valence-electron chi connectivity index (χ3n) is 8.29. The lowest BCUT2D eigenvalue weighted by molar-refractivity contribution is -0.139. The molecule has 2 aliphatic heterocycles. The van der Waals surface area contributed by atoms with Gasteiger partial charge >= 0.3 is 5.97 Å². The number of amides is 1. The lowest BCUT2D eigenvalue weighted by Crippen LogP contribution is -2.41. The predicted molar refractivity (Wildman–Crippen MR) is 156 cm³/mol. The summed E-state index contributed by atoms with van der Waals surface area (Å²) in [6.07, 6.45) is 11.6. The molecule has 0 spiro atoms. The summed E-state index contributed by atoms with van der Waals surface area (Å²) in [5.74, 6) is 0.529. The number of carboxylic acids is 1. The van der Waals surface area contributed by atoms with Gasteiger partial charge in [0.1, 0.15) is 11.9 Å². The van der Waals surface area contributed by atoms with Crippen LogP contribution in [0.2, 0.25) is 0 Å². The summed E-state index contributed by atoms with van der Waals surface area (Å²) in [4.78, 5) is 36.0. The van der Waals surface area contributed by atoms with Gasteiger partial charge in [0.25, 0.3) is 0 Å². The van der Waals surface area contributed by atoms with E-state index in [1.165, 1.54) is 5.56 Å². The summed E-state index contributed by atoms with van der Waals surface area (Å²) in [6, 6.07) is 7.64. The van der Waals surface area contributed by atoms with Gasteiger partial charge in [-0.1, -0.05) is 13.0 Å². The van der Waals surface area contributed by atoms with Gasteiger partial charge in [-0.2, -0.15) is 0 Å². The topological polar surface area (TPSA) is 112 Å². The van der Waals surface area contributed by atoms with Gasteiger partial charge in [0.2, 0.25) is 5.91 Å². The Balaban J connectivity index is 1.14. The minimum absolute atomic E-state index is 0.153. The lowest BCUT2D eigenvalue weighted by Gasteiger charge is -2.33. The third-order valence-corrected chi connectivity index (χ3v) is 8.29. The highest BCUT2D eigenvalue weighted by molar-refractivity contribution is 5.79. The van der Waals surface area contributed by atoms with Crippen molar-refractivity contribution >= 4 is 23.4 Å². The fourth-order valence-electron chi connectivity index (χ4n) is 5.93. The number of hydrogen-bond acceptors (Lipinski definition) is 6. The first-order chi connectivity index (χ1) is 19.4. The molecule has 5 rings (SSSR count). The number of rotatable bonds is 10. The molecule has 40 heavy (non-hydrogen) atoms. The molecule has 0 radical (unpaired) electrons. The number of carbonyl (C=O) groups is 2. The molecule has 9 nitrogen and oxygen atoms in total. The van der Waals surface area contributed by atoms with Crippen LogP contribution in [-0.4, -0.2) is 62.1 Å². The number of carbonyl (C=O) groups excluding carboxylic acids is 1. The van der Waals surface area contributed by atoms with E-state index >= 15 is 0 Å². The third kappa shape index (κ3) is 6.46. The van der Waals surface area contributed by atoms with Crippen LogP contribution in [0.15, 0.2) is 43.0 Å². The Hall–Kier alpha value is -3.88. The average molecular weight is 545 g/mol. The minimum Gasteiger partial charge on any atom is -0.480 e. The number of aryl methyl sites for hydroxylation is 4. The van der Waals surface area contributed by atoms with Gasteiger partial charge in [0.15, 0.2) is 0 Å². The van der Waals surface area contributed by atoms with Crippen molar-refractivity contribution in [2.75, 3.05) is 30.3 Å². The van der Waals surface area contributed by atoms with Crippen LogP contribution in [0, 0.1) is 12.8 Å². The second-order valence-electron chi connectivity index (χ2n) is 11.1. The molecule has 1 amide bonds. The highest BCUT2D eigenvalue weighted by Gasteiger charge is 2.28. The zero-order valence-corrected chi connectivity index (χ0v) is 23.5. The van der Waals surface area contributed by atoms with Gasteiger partial charge in [-0.3, -0.25) is 4.79 Å². The van der Waals surface area contributed by atoms with E-state index in [4.69, 9.17) is 4.98 Å². The highest BCUT2D eigenvalue weighted by atomic mass is 16.4. The van der Waals surface area contributed by atoms with Crippen LogP contribution in [0.25, 0.3) is 5.69 Å². The summed E-state index contributed by atoms with van der Waals surface area (Å²) in [5.41, 5.74) is 6.22. The molecule has 1 unspecified atom stereocenters. The number of aliphatic carboxylic acids is 1. The van der Waals surface area contributed by atoms with Gasteiger partial charge in [-0.15, -0.1) is 0 Å². The van der Waals surface area contributed by atoms with E-state index in [1.54, 1.807) is 12.5 Å². The van der Waals surface area contributed by atoms with E-state index in [2.05, 4.69) is 40.7 Å². The Kier molecular flexibility index (Phi) is 8.67. The zero-order chi connectivity index (χ0) is 28.1. The number of aromatic nitrogens is 3. The maximum atomic E-state index is 12.9. The summed E-state index contributed by atoms with van der Waals surface area (Å²) >= 11 is 0. The van der Waals surface area contributed by atoms with Crippen molar-refractivity contribution in [2.45, 2.75) is 71.3 Å². The van der Waals surface area contributed by atoms with Crippen molar-refractivity contribution in [1.82, 2.24) is 19.4 Å². The van der Waals surface area contributed by atoms with E-state index < -0.39 is 12.0 Å². The molecule has 2 aliphatic rings. The largest absolute Gasteiger partial charge is 0.480 e. The SMILES string of the molecule is CCc1cc(-n2ccnc2)cc(C)c1NC(CC1CCN(C(=O)CCc2ccc3c(n2)NCCC3)CC1)C(=O)O. The van der Waals surface area contributed by atoms with Gasteiger partial charge in [-0.05, 0) is 92.7 Å². The Morgan fingerprint density at radius 2 is 2.05 bits per heavy atom. The van der Waals surface area contributed by atoms with E-state index in [0.29, 0.717) is 32.4 Å². The van der Waals surface area contributed by atoms with Crippen LogP contribution in [0.1, 0.15) is 61.4 Å². The molecule has 0 bridgehead atoms. The van der Waals surface area contributed by atoms with E-state index in [1.807, 2.05) is 28.7 Å². The normalized spacial score (nSPS) is 16.2. The van der Waals surface area contributed by atoms with E-state index in [9.17, 15) is 14.7 Å². The first-order valence-electron chi connectivity index (χ1n) is 14.5. The monoisotopic (exact) mass is 544 g/mol. The predicted octanol–water partition coefficient (Wildman–Crippen LogP) is 4.62. The number of hydrogen-bond donors (Lipinski definition) is 3. The Morgan fingerprint density at radius 3 is 2.77 bits per heavy atom. The van der Waals surface area contributed by atoms with E-state index in [-0.39, 0.29) is 11.8 Å². The standard InChI is InChI=1S/C31H40N6O3/c1-3-23-19-26(37-16-13-32-20-37)17-21(2)29(23)35-27(31(39)40)18-22-10-14-36(15-11-22)28(38)9-8-25-7-6-24-5-4-12-33-30(24)34-25/h6-7,13,16-17,19-20,22,27,35H,3-5,8-12,14-15,18H2,1-2H3,(H,33,34)(H,39,40). The quantitative estimate of drug-likeness (QED) is 0.341. The van der Waals surface area contributed by atoms with Crippen molar-refractivity contribution in [3.05, 3.63) is 65.4 Å². The number of likely N-dealkylation sites (tertiary alicyclic amines) is 1. The Morgan fingerprint density at radius 1 is 1.23 bits per heavy atom. The lowest BCUT2D eigenvalue weighted by atomic mass is 9.89. The van der Waals surface area contributed by atoms with Crippen LogP contribution in [-0.2, 0) is 28.9 Å². The molecule has 1 atom stereocenters. The van der Waals surface area contributed by atoms with E-state index in [0.717, 1.165) is 72.7 Å². The minimum atomic E-state index is -0.842. The number of benzene rings is 1. The molecular formula is C31H40N6O3. The second-order valence-corrected chi connectivity index (χ2v) is 11.1. The van der Waals surface area contributed by atoms with Crippen LogP contribution >= 0.6 is 0 Å². The fraction of sp³-hybridized carbons (Fsp3) is 0.484. The van der Waals surface area contributed by atoms with Crippen molar-refractivity contribution in [1.29, 1.82) is 0 Å². The van der Waals surface area contributed by atoms with Gasteiger partial charge in [0, 0.05) is 55.5 Å². The molecule has 1 aromatic carbocycles. The number of piperidine rings is 1. The molecule has 2 aromatic heterocycles. The number of carboxylic acid groups (broad SMARTS) is 1. The molecule has 212 valence electrons. The number of imidazole rings is 1. The first-order valence-corrected chi connectivity index (χ1v) is 14.5. The number of nitrogens with one attached hydrogen (secondary N) is 2. The summed E-state index contributed by atoms with van der Waals surface area (Å²) < 4.78 is 1.96. The molecule has 4 heterocycles. The molecule has 1 fully saturated rings. The summed E-state index contributed by atoms with van der Waals surface area (Å²) in [7, 11) is 0. The molecular weight excluding hydrogens is 504 g/mol. The van der Waals surface area contributed by atoms with Crippen molar-refractivity contribution in [3.8, 4) is 5.69 Å². The van der Waals surface area contributed by atoms with Crippen molar-refractivity contribution in [3.63, 3.8) is 0 Å². The highest BCUT2D eigenvalue weighted by Crippen LogP contribution is 2.29. The second kappa shape index (κ2) is 12.5. The van der Waals surface area contributed by atoms with Crippen LogP contribution in [0.4, 0.5) is 11.5 Å². The number of anilines is 2.